The van der Waals surface area contributed by atoms with Crippen molar-refractivity contribution < 1.29 is 91.7 Å². The third-order valence-electron chi connectivity index (χ3n) is 11.7. The number of carbonyl (C=O) groups is 8. The van der Waals surface area contributed by atoms with Crippen LogP contribution in [-0.4, -0.2) is 230 Å². The van der Waals surface area contributed by atoms with Crippen molar-refractivity contribution in [2.75, 3.05) is 132 Å². The molecule has 3 atom stereocenters. The lowest BCUT2D eigenvalue weighted by molar-refractivity contribution is -0.292. The number of aliphatic imine (C=N–C) groups is 1. The number of guanidine groups is 1. The van der Waals surface area contributed by atoms with E-state index in [0.29, 0.717) is 104 Å². The van der Waals surface area contributed by atoms with E-state index in [-0.39, 0.29) is 63.4 Å². The average molecular weight is 1140 g/mol. The van der Waals surface area contributed by atoms with Gasteiger partial charge in [-0.25, -0.2) is 4.79 Å². The molecule has 1 radical (unpaired) electrons. The second kappa shape index (κ2) is 40.1. The first kappa shape index (κ1) is 70.0. The minimum atomic E-state index is -1.70. The summed E-state index contributed by atoms with van der Waals surface area (Å²) in [5.74, 6) is -7.57. The van der Waals surface area contributed by atoms with E-state index in [0.717, 1.165) is 5.06 Å². The van der Waals surface area contributed by atoms with Gasteiger partial charge >= 0.3 is 11.9 Å². The van der Waals surface area contributed by atoms with Crippen molar-refractivity contribution in [3.05, 3.63) is 35.9 Å². The van der Waals surface area contributed by atoms with Gasteiger partial charge in [0.15, 0.2) is 5.96 Å². The van der Waals surface area contributed by atoms with E-state index < -0.39 is 96.9 Å². The predicted molar refractivity (Wildman–Crippen MR) is 285 cm³/mol. The fraction of sp³-hybridized carbons (Fsp3) is 0.706. The Morgan fingerprint density at radius 1 is 0.600 bits per heavy atom. The van der Waals surface area contributed by atoms with Gasteiger partial charge in [-0.1, -0.05) is 30.3 Å². The zero-order valence-corrected chi connectivity index (χ0v) is 46.5. The van der Waals surface area contributed by atoms with Crippen molar-refractivity contribution in [3.8, 4) is 0 Å². The van der Waals surface area contributed by atoms with Crippen LogP contribution in [0, 0.1) is 5.92 Å². The van der Waals surface area contributed by atoms with Gasteiger partial charge in [-0.05, 0) is 58.9 Å². The van der Waals surface area contributed by atoms with Crippen LogP contribution in [0.25, 0.3) is 0 Å². The standard InChI is InChI=1S/C51H85N10O19/c1-50(2)31-37(32-51(3,4)61(50)72)45(67)55-14-16-74-18-20-76-22-24-78-26-28-79-27-25-77-23-21-75-19-17-73-15-13-54-42(63)34-80-35-43(64)58-38(11-8-12-56-49(52)53)46(68)57-33-41(62)59-39(30-44(65)66)47(69)60-40(48(70)71)29-36-9-6-5-7-10-36/h5-7,9-10,37-40H,8,11-35H2,1-4H3,(H,54,63)(H,55,67)(H,57,68)(H,58,64)(H,59,62)(H,60,69)(H,65,66)(H,70,71)(H4,52,53,56)/t38-,39-,40-/m0/s1. The summed E-state index contributed by atoms with van der Waals surface area (Å²) in [6.45, 7) is 11.2. The van der Waals surface area contributed by atoms with E-state index in [1.807, 2.05) is 27.7 Å². The molecule has 0 saturated carbocycles. The number of carboxylic acids is 2. The number of piperidine rings is 1. The molecule has 453 valence electrons. The smallest absolute Gasteiger partial charge is 0.326 e. The van der Waals surface area contributed by atoms with Crippen LogP contribution in [0.15, 0.2) is 35.3 Å². The van der Waals surface area contributed by atoms with E-state index in [4.69, 9.17) is 49.4 Å². The van der Waals surface area contributed by atoms with Crippen LogP contribution in [0.5, 0.6) is 0 Å². The molecule has 1 heterocycles. The summed E-state index contributed by atoms with van der Waals surface area (Å²) >= 11 is 0. The molecule has 1 fully saturated rings. The molecule has 0 spiro atoms. The number of nitrogens with one attached hydrogen (secondary N) is 6. The number of hydroxylamine groups is 2. The molecule has 0 unspecified atom stereocenters. The average Bonchev–Trinajstić information content (AvgIpc) is 3.56. The van der Waals surface area contributed by atoms with Crippen molar-refractivity contribution in [1.82, 2.24) is 37.0 Å². The lowest BCUT2D eigenvalue weighted by Crippen LogP contribution is -2.60. The van der Waals surface area contributed by atoms with Crippen LogP contribution in [-0.2, 0) is 87.9 Å². The number of ether oxygens (including phenoxy) is 8. The number of nitrogens with two attached hydrogens (primary N) is 2. The highest BCUT2D eigenvalue weighted by atomic mass is 16.6. The summed E-state index contributed by atoms with van der Waals surface area (Å²) in [7, 11) is 0. The van der Waals surface area contributed by atoms with Crippen molar-refractivity contribution in [3.63, 3.8) is 0 Å². The molecule has 1 aromatic rings. The third kappa shape index (κ3) is 32.2. The van der Waals surface area contributed by atoms with Crippen LogP contribution in [0.2, 0.25) is 0 Å². The van der Waals surface area contributed by atoms with Crippen LogP contribution >= 0.6 is 0 Å². The fourth-order valence-corrected chi connectivity index (χ4v) is 8.06. The Balaban J connectivity index is 1.48. The summed E-state index contributed by atoms with van der Waals surface area (Å²) in [5, 5.41) is 47.3. The lowest BCUT2D eigenvalue weighted by Gasteiger charge is -2.49. The van der Waals surface area contributed by atoms with Gasteiger partial charge in [0.25, 0.3) is 0 Å². The second-order valence-corrected chi connectivity index (χ2v) is 19.5. The van der Waals surface area contributed by atoms with Gasteiger partial charge < -0.3 is 91.5 Å². The Morgan fingerprint density at radius 2 is 1.07 bits per heavy atom. The summed E-state index contributed by atoms with van der Waals surface area (Å²) in [4.78, 5) is 104. The number of hydrogen-bond donors (Lipinski definition) is 10. The maximum Gasteiger partial charge on any atom is 0.326 e. The SMILES string of the molecule is CC1(C)CC(C(=O)NCCOCCOCCOCCOCCOCCOCCOCCNC(=O)COCC(=O)N[C@@H](CCCN=C(N)N)C(=O)NCC(=O)N[C@@H](CC(=O)O)C(=O)N[C@@H](Cc2ccccc2)C(=O)O)CC(C)(C)N1[O]. The van der Waals surface area contributed by atoms with Gasteiger partial charge in [-0.3, -0.25) is 38.6 Å². The Morgan fingerprint density at radius 3 is 1.56 bits per heavy atom. The molecule has 0 aromatic heterocycles. The van der Waals surface area contributed by atoms with Crippen LogP contribution in [0.4, 0.5) is 0 Å². The number of amides is 6. The molecule has 12 N–H and O–H groups in total. The fourth-order valence-electron chi connectivity index (χ4n) is 8.06. The van der Waals surface area contributed by atoms with Gasteiger partial charge in [0.05, 0.1) is 105 Å². The minimum absolute atomic E-state index is 0.0121. The molecule has 0 bridgehead atoms. The molecule has 80 heavy (non-hydrogen) atoms. The lowest BCUT2D eigenvalue weighted by atomic mass is 9.75. The van der Waals surface area contributed by atoms with Gasteiger partial charge in [0.1, 0.15) is 31.3 Å². The Labute approximate surface area is 466 Å². The molecular formula is C51H85N10O19. The predicted octanol–water partition coefficient (Wildman–Crippen LogP) is -2.61. The first-order valence-electron chi connectivity index (χ1n) is 26.5. The number of benzene rings is 1. The number of aliphatic carboxylic acids is 2. The highest BCUT2D eigenvalue weighted by Gasteiger charge is 2.48. The summed E-state index contributed by atoms with van der Waals surface area (Å²) in [6, 6.07) is 3.96. The molecule has 1 aliphatic heterocycles. The highest BCUT2D eigenvalue weighted by Crippen LogP contribution is 2.40. The van der Waals surface area contributed by atoms with Crippen molar-refractivity contribution >= 4 is 53.3 Å². The van der Waals surface area contributed by atoms with E-state index in [1.54, 1.807) is 30.3 Å². The molecule has 1 aliphatic rings. The second-order valence-electron chi connectivity index (χ2n) is 19.5. The number of nitrogens with zero attached hydrogens (tertiary/aromatic N) is 2. The van der Waals surface area contributed by atoms with Gasteiger partial charge in [0, 0.05) is 43.1 Å². The monoisotopic (exact) mass is 1140 g/mol. The quantitative estimate of drug-likeness (QED) is 0.0182. The normalized spacial score (nSPS) is 15.1. The number of carboxylic acid groups (broad SMARTS) is 2. The summed E-state index contributed by atoms with van der Waals surface area (Å²) < 4.78 is 43.6. The molecule has 1 aromatic carbocycles. The Kier molecular flexibility index (Phi) is 35.1. The zero-order valence-electron chi connectivity index (χ0n) is 46.5. The number of rotatable bonds is 45. The van der Waals surface area contributed by atoms with Gasteiger partial charge in [0.2, 0.25) is 35.4 Å². The molecule has 1 saturated heterocycles. The Hall–Kier alpha value is -6.15. The summed E-state index contributed by atoms with van der Waals surface area (Å²) in [5.41, 5.74) is 10.1. The Bertz CT molecular complexity index is 2030. The third-order valence-corrected chi connectivity index (χ3v) is 11.7. The van der Waals surface area contributed by atoms with E-state index in [1.165, 1.54) is 0 Å². The maximum atomic E-state index is 13.1. The first-order valence-corrected chi connectivity index (χ1v) is 26.5. The molecule has 6 amide bonds. The number of carbonyl (C=O) groups excluding carboxylic acids is 6. The van der Waals surface area contributed by atoms with Gasteiger partial charge in [-0.2, -0.15) is 0 Å². The van der Waals surface area contributed by atoms with Crippen molar-refractivity contribution in [2.24, 2.45) is 22.4 Å². The van der Waals surface area contributed by atoms with E-state index in [9.17, 15) is 53.8 Å². The van der Waals surface area contributed by atoms with E-state index in [2.05, 4.69) is 36.9 Å². The topological polar surface area (TPSA) is 411 Å². The zero-order chi connectivity index (χ0) is 59.2. The summed E-state index contributed by atoms with van der Waals surface area (Å²) in [6.07, 6.45) is 0.186. The first-order chi connectivity index (χ1) is 38.1. The van der Waals surface area contributed by atoms with Crippen LogP contribution < -0.4 is 43.4 Å². The molecule has 29 heteroatoms. The highest BCUT2D eigenvalue weighted by molar-refractivity contribution is 5.95. The molecular weight excluding hydrogens is 1060 g/mol. The van der Waals surface area contributed by atoms with Crippen LogP contribution in [0.1, 0.15) is 65.4 Å². The minimum Gasteiger partial charge on any atom is -0.481 e. The molecule has 0 aliphatic carbocycles. The largest absolute Gasteiger partial charge is 0.481 e. The molecule has 29 nitrogen and oxygen atoms in total. The van der Waals surface area contributed by atoms with Crippen LogP contribution in [0.3, 0.4) is 0 Å². The van der Waals surface area contributed by atoms with Crippen molar-refractivity contribution in [2.45, 2.75) is 95.4 Å². The number of hydrogen-bond acceptors (Lipinski definition) is 18. The van der Waals surface area contributed by atoms with Gasteiger partial charge in [-0.15, -0.1) is 10.3 Å². The maximum absolute atomic E-state index is 13.1. The molecule has 2 rings (SSSR count). The van der Waals surface area contributed by atoms with E-state index >= 15 is 0 Å². The van der Waals surface area contributed by atoms with Crippen molar-refractivity contribution in [1.29, 1.82) is 0 Å².